The molecule has 1 heterocycles. The van der Waals surface area contributed by atoms with Crippen molar-refractivity contribution in [1.82, 2.24) is 4.90 Å². The average Bonchev–Trinajstić information content (AvgIpc) is 3.24. The van der Waals surface area contributed by atoms with Gasteiger partial charge in [0.15, 0.2) is 0 Å². The molecule has 1 aliphatic heterocycles. The maximum atomic E-state index is 12.5. The van der Waals surface area contributed by atoms with Crippen LogP contribution in [0.15, 0.2) is 46.9 Å². The number of hydrogen-bond donors (Lipinski definition) is 1. The van der Waals surface area contributed by atoms with Crippen molar-refractivity contribution in [3.8, 4) is 5.75 Å². The van der Waals surface area contributed by atoms with Gasteiger partial charge in [-0.15, -0.1) is 0 Å². The molecule has 6 nitrogen and oxygen atoms in total. The number of benzene rings is 2. The summed E-state index contributed by atoms with van der Waals surface area (Å²) in [6, 6.07) is 12.2. The molecule has 28 heavy (non-hydrogen) atoms. The van der Waals surface area contributed by atoms with Crippen LogP contribution in [0.25, 0.3) is 0 Å². The van der Waals surface area contributed by atoms with E-state index in [9.17, 15) is 9.59 Å². The summed E-state index contributed by atoms with van der Waals surface area (Å²) in [5.74, 6) is 0.463. The van der Waals surface area contributed by atoms with Gasteiger partial charge in [-0.05, 0) is 71.2 Å². The van der Waals surface area contributed by atoms with Gasteiger partial charge in [0.25, 0.3) is 11.8 Å². The molecule has 0 bridgehead atoms. The van der Waals surface area contributed by atoms with Crippen molar-refractivity contribution < 1.29 is 19.1 Å². The number of rotatable bonds is 7. The molecule has 7 heteroatoms. The SMILES string of the molecule is COCCOc1ccc(C(=O)Nc2ccc(C(=O)N3CCCC3)cc2)cc1Br. The van der Waals surface area contributed by atoms with Gasteiger partial charge in [-0.3, -0.25) is 9.59 Å². The Morgan fingerprint density at radius 1 is 1.04 bits per heavy atom. The van der Waals surface area contributed by atoms with Gasteiger partial charge in [-0.2, -0.15) is 0 Å². The van der Waals surface area contributed by atoms with Crippen molar-refractivity contribution in [2.75, 3.05) is 38.7 Å². The highest BCUT2D eigenvalue weighted by Crippen LogP contribution is 2.26. The van der Waals surface area contributed by atoms with E-state index in [-0.39, 0.29) is 11.8 Å². The quantitative estimate of drug-likeness (QED) is 0.653. The smallest absolute Gasteiger partial charge is 0.255 e. The first-order valence-electron chi connectivity index (χ1n) is 9.20. The lowest BCUT2D eigenvalue weighted by Crippen LogP contribution is -2.27. The third-order valence-corrected chi connectivity index (χ3v) is 5.14. The number of methoxy groups -OCH3 is 1. The van der Waals surface area contributed by atoms with E-state index >= 15 is 0 Å². The number of carbonyl (C=O) groups is 2. The van der Waals surface area contributed by atoms with Crippen LogP contribution in [-0.4, -0.2) is 50.1 Å². The zero-order chi connectivity index (χ0) is 19.9. The molecule has 2 aromatic rings. The lowest BCUT2D eigenvalue weighted by atomic mass is 10.1. The van der Waals surface area contributed by atoms with Gasteiger partial charge >= 0.3 is 0 Å². The van der Waals surface area contributed by atoms with Crippen molar-refractivity contribution in [2.45, 2.75) is 12.8 Å². The Labute approximate surface area is 172 Å². The van der Waals surface area contributed by atoms with Gasteiger partial charge < -0.3 is 19.7 Å². The fourth-order valence-corrected chi connectivity index (χ4v) is 3.49. The van der Waals surface area contributed by atoms with E-state index in [0.29, 0.717) is 40.3 Å². The van der Waals surface area contributed by atoms with Gasteiger partial charge in [-0.25, -0.2) is 0 Å². The van der Waals surface area contributed by atoms with E-state index in [2.05, 4.69) is 21.2 Å². The number of anilines is 1. The number of ether oxygens (including phenoxy) is 2. The predicted molar refractivity (Wildman–Crippen MR) is 111 cm³/mol. The van der Waals surface area contributed by atoms with E-state index in [1.165, 1.54) is 0 Å². The fourth-order valence-electron chi connectivity index (χ4n) is 3.00. The standard InChI is InChI=1S/C21H23BrN2O4/c1-27-12-13-28-19-9-6-16(14-18(19)22)20(25)23-17-7-4-15(5-8-17)21(26)24-10-2-3-11-24/h4-9,14H,2-3,10-13H2,1H3,(H,23,25). The van der Waals surface area contributed by atoms with E-state index in [1.807, 2.05) is 4.90 Å². The molecular formula is C21H23BrN2O4. The minimum atomic E-state index is -0.234. The van der Waals surface area contributed by atoms with E-state index < -0.39 is 0 Å². The number of nitrogens with one attached hydrogen (secondary N) is 1. The number of carbonyl (C=O) groups excluding carboxylic acids is 2. The highest BCUT2D eigenvalue weighted by molar-refractivity contribution is 9.10. The lowest BCUT2D eigenvalue weighted by Gasteiger charge is -2.15. The molecule has 0 aliphatic carbocycles. The molecule has 3 rings (SSSR count). The first-order valence-corrected chi connectivity index (χ1v) is 10.00. The minimum Gasteiger partial charge on any atom is -0.490 e. The summed E-state index contributed by atoms with van der Waals surface area (Å²) in [5, 5.41) is 2.85. The predicted octanol–water partition coefficient (Wildman–Crippen LogP) is 3.96. The zero-order valence-electron chi connectivity index (χ0n) is 15.7. The minimum absolute atomic E-state index is 0.0448. The normalized spacial score (nSPS) is 13.4. The molecule has 2 aromatic carbocycles. The highest BCUT2D eigenvalue weighted by Gasteiger charge is 2.19. The second kappa shape index (κ2) is 9.71. The summed E-state index contributed by atoms with van der Waals surface area (Å²) in [5.41, 5.74) is 1.78. The van der Waals surface area contributed by atoms with Crippen LogP contribution in [0.5, 0.6) is 5.75 Å². The third kappa shape index (κ3) is 5.11. The molecule has 1 N–H and O–H groups in total. The highest BCUT2D eigenvalue weighted by atomic mass is 79.9. The van der Waals surface area contributed by atoms with Crippen LogP contribution >= 0.6 is 15.9 Å². The molecule has 0 unspecified atom stereocenters. The average molecular weight is 447 g/mol. The van der Waals surface area contributed by atoms with Gasteiger partial charge in [0.05, 0.1) is 11.1 Å². The lowest BCUT2D eigenvalue weighted by molar-refractivity contribution is 0.0792. The largest absolute Gasteiger partial charge is 0.490 e. The maximum Gasteiger partial charge on any atom is 0.255 e. The summed E-state index contributed by atoms with van der Waals surface area (Å²) in [4.78, 5) is 26.7. The van der Waals surface area contributed by atoms with E-state index in [1.54, 1.807) is 49.6 Å². The van der Waals surface area contributed by atoms with Crippen molar-refractivity contribution in [2.24, 2.45) is 0 Å². The third-order valence-electron chi connectivity index (χ3n) is 4.52. The second-order valence-electron chi connectivity index (χ2n) is 6.52. The molecule has 1 saturated heterocycles. The summed E-state index contributed by atoms with van der Waals surface area (Å²) in [6.07, 6.45) is 2.12. The number of hydrogen-bond acceptors (Lipinski definition) is 4. The molecule has 1 aliphatic rings. The summed E-state index contributed by atoms with van der Waals surface area (Å²) in [7, 11) is 1.61. The Balaban J connectivity index is 1.61. The summed E-state index contributed by atoms with van der Waals surface area (Å²) in [6.45, 7) is 2.56. The summed E-state index contributed by atoms with van der Waals surface area (Å²) >= 11 is 3.42. The Morgan fingerprint density at radius 2 is 1.71 bits per heavy atom. The Hall–Kier alpha value is -2.38. The van der Waals surface area contributed by atoms with Crippen molar-refractivity contribution in [3.05, 3.63) is 58.1 Å². The monoisotopic (exact) mass is 446 g/mol. The Bertz CT molecular complexity index is 833. The molecule has 0 spiro atoms. The van der Waals surface area contributed by atoms with E-state index in [0.717, 1.165) is 25.9 Å². The number of halogens is 1. The number of nitrogens with zero attached hydrogens (tertiary/aromatic N) is 1. The van der Waals surface area contributed by atoms with Crippen LogP contribution < -0.4 is 10.1 Å². The Kier molecular flexibility index (Phi) is 7.06. The topological polar surface area (TPSA) is 67.9 Å². The zero-order valence-corrected chi connectivity index (χ0v) is 17.3. The van der Waals surface area contributed by atoms with Crippen LogP contribution in [0.1, 0.15) is 33.6 Å². The number of likely N-dealkylation sites (tertiary alicyclic amines) is 1. The Morgan fingerprint density at radius 3 is 2.36 bits per heavy atom. The van der Waals surface area contributed by atoms with Gasteiger partial charge in [0.2, 0.25) is 0 Å². The molecule has 1 fully saturated rings. The van der Waals surface area contributed by atoms with Crippen molar-refractivity contribution >= 4 is 33.4 Å². The molecular weight excluding hydrogens is 424 g/mol. The maximum absolute atomic E-state index is 12.5. The molecule has 0 saturated carbocycles. The fraction of sp³-hybridized carbons (Fsp3) is 0.333. The van der Waals surface area contributed by atoms with Crippen molar-refractivity contribution in [3.63, 3.8) is 0 Å². The van der Waals surface area contributed by atoms with Crippen LogP contribution in [0.3, 0.4) is 0 Å². The molecule has 0 radical (unpaired) electrons. The first-order chi connectivity index (χ1) is 13.6. The molecule has 148 valence electrons. The van der Waals surface area contributed by atoms with Gasteiger partial charge in [0.1, 0.15) is 12.4 Å². The van der Waals surface area contributed by atoms with Gasteiger partial charge in [-0.1, -0.05) is 0 Å². The first kappa shape index (κ1) is 20.4. The van der Waals surface area contributed by atoms with Crippen LogP contribution in [-0.2, 0) is 4.74 Å². The number of amides is 2. The van der Waals surface area contributed by atoms with Crippen LogP contribution in [0.2, 0.25) is 0 Å². The van der Waals surface area contributed by atoms with Gasteiger partial charge in [0, 0.05) is 37.0 Å². The molecule has 0 aromatic heterocycles. The summed E-state index contributed by atoms with van der Waals surface area (Å²) < 4.78 is 11.2. The van der Waals surface area contributed by atoms with Crippen LogP contribution in [0.4, 0.5) is 5.69 Å². The van der Waals surface area contributed by atoms with Crippen LogP contribution in [0, 0.1) is 0 Å². The molecule has 0 atom stereocenters. The van der Waals surface area contributed by atoms with Crippen molar-refractivity contribution in [1.29, 1.82) is 0 Å². The molecule has 2 amide bonds. The second-order valence-corrected chi connectivity index (χ2v) is 7.37. The van der Waals surface area contributed by atoms with E-state index in [4.69, 9.17) is 9.47 Å².